The lowest BCUT2D eigenvalue weighted by Crippen LogP contribution is -2.49. The Labute approximate surface area is 175 Å². The predicted octanol–water partition coefficient (Wildman–Crippen LogP) is 2.64. The molecule has 7 nitrogen and oxygen atoms in total. The minimum Gasteiger partial charge on any atom is -0.339 e. The van der Waals surface area contributed by atoms with Crippen LogP contribution in [-0.4, -0.2) is 62.6 Å². The van der Waals surface area contributed by atoms with Gasteiger partial charge in [-0.2, -0.15) is 5.10 Å². The van der Waals surface area contributed by atoms with E-state index in [9.17, 15) is 9.59 Å². The summed E-state index contributed by atoms with van der Waals surface area (Å²) in [5.74, 6) is -0.0186. The summed E-state index contributed by atoms with van der Waals surface area (Å²) in [6.07, 6.45) is 8.77. The van der Waals surface area contributed by atoms with Crippen LogP contribution in [0.15, 0.2) is 67.1 Å². The van der Waals surface area contributed by atoms with Gasteiger partial charge >= 0.3 is 0 Å². The lowest BCUT2D eigenvalue weighted by atomic mass is 10.1. The average molecular weight is 401 g/mol. The van der Waals surface area contributed by atoms with Gasteiger partial charge < -0.3 is 9.80 Å². The molecule has 1 aliphatic rings. The van der Waals surface area contributed by atoms with Gasteiger partial charge in [-0.3, -0.25) is 14.6 Å². The molecular formula is C23H23N5O2. The molecule has 4 rings (SSSR count). The lowest BCUT2D eigenvalue weighted by molar-refractivity contribution is -0.135. The fourth-order valence-corrected chi connectivity index (χ4v) is 3.46. The third-order valence-electron chi connectivity index (χ3n) is 5.14. The van der Waals surface area contributed by atoms with Crippen LogP contribution < -0.4 is 0 Å². The first-order chi connectivity index (χ1) is 14.6. The molecule has 1 fully saturated rings. The summed E-state index contributed by atoms with van der Waals surface area (Å²) in [7, 11) is 0. The molecule has 0 unspecified atom stereocenters. The summed E-state index contributed by atoms with van der Waals surface area (Å²) in [4.78, 5) is 31.9. The molecule has 3 aromatic rings. The largest absolute Gasteiger partial charge is 0.339 e. The first-order valence-corrected chi connectivity index (χ1v) is 9.90. The number of piperazine rings is 1. The van der Waals surface area contributed by atoms with Gasteiger partial charge in [-0.1, -0.05) is 18.2 Å². The molecule has 0 spiro atoms. The normalized spacial score (nSPS) is 14.3. The molecule has 2 aromatic heterocycles. The van der Waals surface area contributed by atoms with E-state index in [0.717, 1.165) is 22.5 Å². The molecule has 0 bridgehead atoms. The van der Waals surface area contributed by atoms with Crippen molar-refractivity contribution in [2.45, 2.75) is 6.92 Å². The molecule has 152 valence electrons. The van der Waals surface area contributed by atoms with Gasteiger partial charge in [0.25, 0.3) is 0 Å². The van der Waals surface area contributed by atoms with E-state index < -0.39 is 0 Å². The molecule has 30 heavy (non-hydrogen) atoms. The van der Waals surface area contributed by atoms with Crippen molar-refractivity contribution in [3.05, 3.63) is 72.7 Å². The van der Waals surface area contributed by atoms with Crippen LogP contribution in [0, 0.1) is 0 Å². The van der Waals surface area contributed by atoms with Crippen LogP contribution in [0.4, 0.5) is 0 Å². The van der Waals surface area contributed by atoms with Gasteiger partial charge in [0.1, 0.15) is 5.69 Å². The fraction of sp³-hybridized carbons (Fsp3) is 0.217. The zero-order valence-electron chi connectivity index (χ0n) is 16.8. The van der Waals surface area contributed by atoms with Gasteiger partial charge in [-0.25, -0.2) is 4.68 Å². The molecule has 0 aliphatic carbocycles. The first kappa shape index (κ1) is 19.6. The predicted molar refractivity (Wildman–Crippen MR) is 115 cm³/mol. The Kier molecular flexibility index (Phi) is 5.70. The Bertz CT molecular complexity index is 1050. The molecule has 0 radical (unpaired) electrons. The summed E-state index contributed by atoms with van der Waals surface area (Å²) in [5, 5.41) is 4.73. The minimum atomic E-state index is -0.0669. The van der Waals surface area contributed by atoms with E-state index in [1.807, 2.05) is 48.7 Å². The monoisotopic (exact) mass is 401 g/mol. The van der Waals surface area contributed by atoms with Crippen molar-refractivity contribution in [2.24, 2.45) is 0 Å². The Morgan fingerprint density at radius 2 is 1.70 bits per heavy atom. The van der Waals surface area contributed by atoms with E-state index in [0.29, 0.717) is 26.2 Å². The number of nitrogens with zero attached hydrogens (tertiary/aromatic N) is 5. The van der Waals surface area contributed by atoms with Crippen LogP contribution in [0.5, 0.6) is 0 Å². The van der Waals surface area contributed by atoms with Gasteiger partial charge in [0.2, 0.25) is 11.8 Å². The standard InChI is InChI=1S/C23H23N5O2/c1-18(29)26-12-14-27(15-13-26)22(30)10-9-20-17-28(21-7-3-2-4-8-21)25-23(20)19-6-5-11-24-16-19/h2-11,16-17H,12-15H2,1H3/b10-9+. The quantitative estimate of drug-likeness (QED) is 0.630. The van der Waals surface area contributed by atoms with Gasteiger partial charge in [0.05, 0.1) is 5.69 Å². The zero-order valence-corrected chi connectivity index (χ0v) is 16.8. The van der Waals surface area contributed by atoms with Gasteiger partial charge in [0.15, 0.2) is 0 Å². The molecule has 7 heteroatoms. The molecule has 1 saturated heterocycles. The van der Waals surface area contributed by atoms with Crippen molar-refractivity contribution in [1.29, 1.82) is 0 Å². The smallest absolute Gasteiger partial charge is 0.246 e. The number of benzene rings is 1. The number of amides is 2. The Morgan fingerprint density at radius 1 is 0.967 bits per heavy atom. The second-order valence-electron chi connectivity index (χ2n) is 7.12. The highest BCUT2D eigenvalue weighted by Crippen LogP contribution is 2.24. The lowest BCUT2D eigenvalue weighted by Gasteiger charge is -2.33. The van der Waals surface area contributed by atoms with Crippen molar-refractivity contribution in [3.8, 4) is 16.9 Å². The van der Waals surface area contributed by atoms with E-state index in [-0.39, 0.29) is 11.8 Å². The Morgan fingerprint density at radius 3 is 2.37 bits per heavy atom. The summed E-state index contributed by atoms with van der Waals surface area (Å²) >= 11 is 0. The van der Waals surface area contributed by atoms with Gasteiger partial charge in [-0.05, 0) is 30.3 Å². The zero-order chi connectivity index (χ0) is 20.9. The van der Waals surface area contributed by atoms with E-state index in [1.165, 1.54) is 0 Å². The molecule has 0 saturated carbocycles. The molecule has 0 N–H and O–H groups in total. The van der Waals surface area contributed by atoms with Crippen molar-refractivity contribution < 1.29 is 9.59 Å². The number of hydrogen-bond acceptors (Lipinski definition) is 4. The van der Waals surface area contributed by atoms with Crippen LogP contribution in [0.25, 0.3) is 23.0 Å². The second kappa shape index (κ2) is 8.73. The third kappa shape index (κ3) is 4.30. The first-order valence-electron chi connectivity index (χ1n) is 9.90. The maximum absolute atomic E-state index is 12.7. The number of rotatable bonds is 4. The Balaban J connectivity index is 1.58. The summed E-state index contributed by atoms with van der Waals surface area (Å²) in [6.45, 7) is 3.79. The maximum Gasteiger partial charge on any atom is 0.246 e. The van der Waals surface area contributed by atoms with Crippen molar-refractivity contribution in [3.63, 3.8) is 0 Å². The van der Waals surface area contributed by atoms with Crippen molar-refractivity contribution in [2.75, 3.05) is 26.2 Å². The highest BCUT2D eigenvalue weighted by Gasteiger charge is 2.21. The number of para-hydroxylation sites is 1. The summed E-state index contributed by atoms with van der Waals surface area (Å²) in [5.41, 5.74) is 3.42. The van der Waals surface area contributed by atoms with Crippen molar-refractivity contribution >= 4 is 17.9 Å². The molecule has 1 aromatic carbocycles. The molecular weight excluding hydrogens is 378 g/mol. The Hall–Kier alpha value is -3.74. The van der Waals surface area contributed by atoms with Crippen LogP contribution >= 0.6 is 0 Å². The van der Waals surface area contributed by atoms with E-state index in [1.54, 1.807) is 46.0 Å². The highest BCUT2D eigenvalue weighted by atomic mass is 16.2. The third-order valence-corrected chi connectivity index (χ3v) is 5.14. The van der Waals surface area contributed by atoms with Crippen LogP contribution in [-0.2, 0) is 9.59 Å². The van der Waals surface area contributed by atoms with Crippen molar-refractivity contribution in [1.82, 2.24) is 24.6 Å². The molecule has 0 atom stereocenters. The average Bonchev–Trinajstić information content (AvgIpc) is 3.23. The second-order valence-corrected chi connectivity index (χ2v) is 7.12. The topological polar surface area (TPSA) is 71.3 Å². The van der Waals surface area contributed by atoms with E-state index in [4.69, 9.17) is 5.10 Å². The molecule has 2 amide bonds. The number of pyridine rings is 1. The number of aromatic nitrogens is 3. The van der Waals surface area contributed by atoms with E-state index >= 15 is 0 Å². The molecule has 1 aliphatic heterocycles. The van der Waals surface area contributed by atoms with Crippen LogP contribution in [0.1, 0.15) is 12.5 Å². The maximum atomic E-state index is 12.7. The SMILES string of the molecule is CC(=O)N1CCN(C(=O)/C=C/c2cn(-c3ccccc3)nc2-c2cccnc2)CC1. The minimum absolute atomic E-state index is 0.0482. The van der Waals surface area contributed by atoms with Gasteiger partial charge in [0, 0.05) is 68.9 Å². The number of carbonyl (C=O) groups excluding carboxylic acids is 2. The van der Waals surface area contributed by atoms with Gasteiger partial charge in [-0.15, -0.1) is 0 Å². The number of hydrogen-bond donors (Lipinski definition) is 0. The molecule has 3 heterocycles. The summed E-state index contributed by atoms with van der Waals surface area (Å²) in [6, 6.07) is 13.6. The number of carbonyl (C=O) groups is 2. The highest BCUT2D eigenvalue weighted by molar-refractivity contribution is 5.93. The van der Waals surface area contributed by atoms with E-state index in [2.05, 4.69) is 4.98 Å². The van der Waals surface area contributed by atoms with Crippen LogP contribution in [0.2, 0.25) is 0 Å². The summed E-state index contributed by atoms with van der Waals surface area (Å²) < 4.78 is 1.80. The van der Waals surface area contributed by atoms with Crippen LogP contribution in [0.3, 0.4) is 0 Å². The fourth-order valence-electron chi connectivity index (χ4n) is 3.46.